The van der Waals surface area contributed by atoms with Crippen LogP contribution in [0.25, 0.3) is 0 Å². The first-order valence-corrected chi connectivity index (χ1v) is 9.54. The first kappa shape index (κ1) is 15.5. The Morgan fingerprint density at radius 3 is 2.88 bits per heavy atom. The quantitative estimate of drug-likeness (QED) is 0.889. The molecule has 0 atom stereocenters. The highest BCUT2D eigenvalue weighted by Gasteiger charge is 2.32. The number of para-hydroxylation sites is 2. The van der Waals surface area contributed by atoms with E-state index in [9.17, 15) is 4.79 Å². The van der Waals surface area contributed by atoms with Crippen LogP contribution >= 0.6 is 0 Å². The Hall–Kier alpha value is -2.70. The molecule has 3 aliphatic rings. The van der Waals surface area contributed by atoms with E-state index in [1.54, 1.807) is 0 Å². The van der Waals surface area contributed by atoms with Crippen molar-refractivity contribution in [2.75, 3.05) is 40.3 Å². The van der Waals surface area contributed by atoms with Gasteiger partial charge in [0.1, 0.15) is 6.54 Å². The number of nitrogens with one attached hydrogen (secondary N) is 2. The van der Waals surface area contributed by atoms with Crippen molar-refractivity contribution < 1.29 is 4.79 Å². The van der Waals surface area contributed by atoms with Crippen LogP contribution in [0.2, 0.25) is 0 Å². The maximum absolute atomic E-state index is 12.6. The number of aromatic nitrogens is 2. The highest BCUT2D eigenvalue weighted by molar-refractivity contribution is 5.97. The zero-order valence-electron chi connectivity index (χ0n) is 14.8. The second kappa shape index (κ2) is 6.23. The van der Waals surface area contributed by atoms with Gasteiger partial charge in [-0.2, -0.15) is 0 Å². The lowest BCUT2D eigenvalue weighted by atomic mass is 9.89. The minimum atomic E-state index is 0.134. The van der Waals surface area contributed by atoms with Gasteiger partial charge in [-0.05, 0) is 30.9 Å². The second-order valence-corrected chi connectivity index (χ2v) is 7.38. The average molecular weight is 352 g/mol. The Balaban J connectivity index is 1.45. The van der Waals surface area contributed by atoms with Crippen molar-refractivity contribution in [3.05, 3.63) is 30.5 Å². The van der Waals surface area contributed by atoms with Crippen LogP contribution in [0.1, 0.15) is 32.1 Å². The lowest BCUT2D eigenvalue weighted by Crippen LogP contribution is -2.47. The predicted octanol–water partition coefficient (Wildman–Crippen LogP) is 2.87. The Kier molecular flexibility index (Phi) is 3.72. The molecule has 3 heterocycles. The third kappa shape index (κ3) is 2.50. The van der Waals surface area contributed by atoms with E-state index in [0.29, 0.717) is 19.1 Å². The molecule has 2 aromatic rings. The smallest absolute Gasteiger partial charge is 0.249 e. The molecule has 0 radical (unpaired) electrons. The van der Waals surface area contributed by atoms with Gasteiger partial charge in [-0.3, -0.25) is 14.6 Å². The minimum absolute atomic E-state index is 0.134. The van der Waals surface area contributed by atoms with Crippen LogP contribution < -0.4 is 20.5 Å². The van der Waals surface area contributed by atoms with Crippen molar-refractivity contribution in [2.45, 2.75) is 32.1 Å². The highest BCUT2D eigenvalue weighted by Crippen LogP contribution is 2.37. The summed E-state index contributed by atoms with van der Waals surface area (Å²) in [5.41, 5.74) is 5.45. The summed E-state index contributed by atoms with van der Waals surface area (Å²) in [6.07, 6.45) is 8.17. The number of anilines is 4. The van der Waals surface area contributed by atoms with Gasteiger partial charge in [0.05, 0.1) is 24.2 Å². The minimum Gasteiger partial charge on any atom is -0.366 e. The van der Waals surface area contributed by atoms with E-state index in [0.717, 1.165) is 29.7 Å². The molecule has 1 saturated carbocycles. The van der Waals surface area contributed by atoms with Crippen molar-refractivity contribution in [3.8, 4) is 0 Å². The predicted molar refractivity (Wildman–Crippen MR) is 102 cm³/mol. The molecule has 5 rings (SSSR count). The van der Waals surface area contributed by atoms with Crippen LogP contribution in [-0.4, -0.2) is 35.3 Å². The summed E-state index contributed by atoms with van der Waals surface area (Å²) in [6.45, 7) is 1.79. The fourth-order valence-electron chi connectivity index (χ4n) is 4.35. The number of amides is 1. The molecule has 1 amide bonds. The molecular formula is C19H24N6O. The monoisotopic (exact) mass is 352 g/mol. The zero-order chi connectivity index (χ0) is 17.5. The van der Waals surface area contributed by atoms with Gasteiger partial charge in [0.25, 0.3) is 0 Å². The number of hydrogen-bond donors (Lipinski definition) is 2. The number of benzene rings is 1. The van der Waals surface area contributed by atoms with Crippen molar-refractivity contribution in [2.24, 2.45) is 5.92 Å². The van der Waals surface area contributed by atoms with Gasteiger partial charge in [0.2, 0.25) is 11.9 Å². The molecule has 1 fully saturated rings. The van der Waals surface area contributed by atoms with Crippen molar-refractivity contribution in [1.82, 2.24) is 9.66 Å². The topological polar surface area (TPSA) is 65.4 Å². The van der Waals surface area contributed by atoms with E-state index in [2.05, 4.69) is 32.8 Å². The molecule has 0 saturated heterocycles. The lowest BCUT2D eigenvalue weighted by molar-refractivity contribution is -0.117. The maximum Gasteiger partial charge on any atom is 0.249 e. The van der Waals surface area contributed by atoms with Gasteiger partial charge in [-0.15, -0.1) is 0 Å². The first-order chi connectivity index (χ1) is 12.8. The molecule has 7 heteroatoms. The molecule has 0 spiro atoms. The Morgan fingerprint density at radius 2 is 2.00 bits per heavy atom. The van der Waals surface area contributed by atoms with E-state index in [4.69, 9.17) is 0 Å². The van der Waals surface area contributed by atoms with E-state index < -0.39 is 0 Å². The van der Waals surface area contributed by atoms with Gasteiger partial charge in [0.15, 0.2) is 5.82 Å². The van der Waals surface area contributed by atoms with E-state index in [-0.39, 0.29) is 5.91 Å². The molecule has 26 heavy (non-hydrogen) atoms. The van der Waals surface area contributed by atoms with Gasteiger partial charge >= 0.3 is 0 Å². The summed E-state index contributed by atoms with van der Waals surface area (Å²) in [5, 5.41) is 3.40. The Bertz CT molecular complexity index is 825. The summed E-state index contributed by atoms with van der Waals surface area (Å²) in [4.78, 5) is 21.3. The van der Waals surface area contributed by atoms with E-state index in [1.807, 2.05) is 27.9 Å². The molecule has 0 bridgehead atoms. The third-order valence-electron chi connectivity index (χ3n) is 5.72. The van der Waals surface area contributed by atoms with Gasteiger partial charge in [-0.1, -0.05) is 31.4 Å². The number of fused-ring (bicyclic) bond motifs is 2. The van der Waals surface area contributed by atoms with Crippen molar-refractivity contribution in [1.29, 1.82) is 0 Å². The number of rotatable bonds is 3. The van der Waals surface area contributed by atoms with Crippen LogP contribution in [-0.2, 0) is 4.79 Å². The summed E-state index contributed by atoms with van der Waals surface area (Å²) in [6, 6.07) is 8.22. The molecule has 136 valence electrons. The van der Waals surface area contributed by atoms with Crippen LogP contribution in [0, 0.1) is 5.92 Å². The lowest BCUT2D eigenvalue weighted by Gasteiger charge is -2.34. The Labute approximate surface area is 153 Å². The molecule has 1 aromatic heterocycles. The number of carbonyl (C=O) groups is 1. The summed E-state index contributed by atoms with van der Waals surface area (Å²) < 4.78 is 1.97. The van der Waals surface area contributed by atoms with E-state index >= 15 is 0 Å². The molecule has 2 aliphatic heterocycles. The largest absolute Gasteiger partial charge is 0.366 e. The van der Waals surface area contributed by atoms with Crippen molar-refractivity contribution >= 4 is 29.0 Å². The van der Waals surface area contributed by atoms with Gasteiger partial charge in [0, 0.05) is 6.54 Å². The fourth-order valence-corrected chi connectivity index (χ4v) is 4.35. The average Bonchev–Trinajstić information content (AvgIpc) is 3.29. The first-order valence-electron chi connectivity index (χ1n) is 9.54. The number of imidazole rings is 1. The van der Waals surface area contributed by atoms with Gasteiger partial charge < -0.3 is 10.7 Å². The maximum atomic E-state index is 12.6. The number of carbonyl (C=O) groups excluding carboxylic acids is 1. The fraction of sp³-hybridized carbons (Fsp3) is 0.474. The van der Waals surface area contributed by atoms with E-state index in [1.165, 1.54) is 32.1 Å². The molecular weight excluding hydrogens is 328 g/mol. The van der Waals surface area contributed by atoms with Gasteiger partial charge in [-0.25, -0.2) is 9.66 Å². The summed E-state index contributed by atoms with van der Waals surface area (Å²) in [5.74, 6) is 2.41. The molecule has 7 nitrogen and oxygen atoms in total. The zero-order valence-corrected chi connectivity index (χ0v) is 14.8. The SMILES string of the molecule is O=C1CNn2c(cnc2N2CNc3ccccc32)N1CC1CCCCC1. The molecule has 2 N–H and O–H groups in total. The van der Waals surface area contributed by atoms with Crippen LogP contribution in [0.15, 0.2) is 30.5 Å². The van der Waals surface area contributed by atoms with Crippen LogP contribution in [0.3, 0.4) is 0 Å². The third-order valence-corrected chi connectivity index (χ3v) is 5.72. The molecule has 1 aliphatic carbocycles. The highest BCUT2D eigenvalue weighted by atomic mass is 16.2. The number of hydrogen-bond acceptors (Lipinski definition) is 5. The standard InChI is InChI=1S/C19H24N6O/c26-18-11-22-25-17(23(18)12-14-6-2-1-3-7-14)10-20-19(25)24-13-21-15-8-4-5-9-16(15)24/h4-5,8-10,14,21-22H,1-3,6-7,11-13H2. The molecule has 0 unspecified atom stereocenters. The second-order valence-electron chi connectivity index (χ2n) is 7.38. The summed E-state index contributed by atoms with van der Waals surface area (Å²) >= 11 is 0. The number of nitrogens with zero attached hydrogens (tertiary/aromatic N) is 4. The van der Waals surface area contributed by atoms with Crippen LogP contribution in [0.5, 0.6) is 0 Å². The van der Waals surface area contributed by atoms with Crippen molar-refractivity contribution in [3.63, 3.8) is 0 Å². The Morgan fingerprint density at radius 1 is 1.15 bits per heavy atom. The normalized spacial score (nSPS) is 19.8. The van der Waals surface area contributed by atoms with Crippen LogP contribution in [0.4, 0.5) is 23.1 Å². The summed E-state index contributed by atoms with van der Waals surface area (Å²) in [7, 11) is 0. The molecule has 1 aromatic carbocycles.